The molecule has 0 saturated carbocycles. The first kappa shape index (κ1) is 13.3. The molecule has 0 aromatic carbocycles. The van der Waals surface area contributed by atoms with Gasteiger partial charge in [-0.15, -0.1) is 0 Å². The van der Waals surface area contributed by atoms with Gasteiger partial charge in [0.1, 0.15) is 0 Å². The zero-order valence-electron chi connectivity index (χ0n) is 11.1. The number of hydrogen-bond acceptors (Lipinski definition) is 2. The van der Waals surface area contributed by atoms with Crippen LogP contribution in [0.25, 0.3) is 0 Å². The second-order valence-corrected chi connectivity index (χ2v) is 5.75. The maximum absolute atomic E-state index is 3.61. The molecule has 0 aliphatic carbocycles. The fraction of sp³-hybridized carbons (Fsp3) is 0.692. The van der Waals surface area contributed by atoms with Crippen molar-refractivity contribution in [1.29, 1.82) is 0 Å². The predicted molar refractivity (Wildman–Crippen MR) is 69.8 cm³/mol. The molecule has 1 aromatic heterocycles. The van der Waals surface area contributed by atoms with Crippen molar-refractivity contribution in [2.75, 3.05) is 20.1 Å². The lowest BCUT2D eigenvalue weighted by atomic mass is 9.85. The second kappa shape index (κ2) is 5.02. The highest BCUT2D eigenvalue weighted by Gasteiger charge is 2.24. The molecule has 0 amide bonds. The van der Waals surface area contributed by atoms with E-state index >= 15 is 0 Å². The van der Waals surface area contributed by atoms with E-state index < -0.39 is 0 Å². The van der Waals surface area contributed by atoms with Gasteiger partial charge in [0.2, 0.25) is 0 Å². The monoisotopic (exact) mass is 223 g/mol. The van der Waals surface area contributed by atoms with E-state index in [4.69, 9.17) is 0 Å². The molecule has 1 aromatic rings. The Morgan fingerprint density at radius 2 is 1.88 bits per heavy atom. The highest BCUT2D eigenvalue weighted by molar-refractivity contribution is 5.20. The molecule has 0 unspecified atom stereocenters. The van der Waals surface area contributed by atoms with Crippen LogP contribution in [0.5, 0.6) is 0 Å². The third-order valence-corrected chi connectivity index (χ3v) is 3.01. The molecule has 0 aliphatic heterocycles. The Balaban J connectivity index is 2.54. The van der Waals surface area contributed by atoms with Crippen LogP contribution in [0.2, 0.25) is 0 Å². The molecule has 3 nitrogen and oxygen atoms in total. The Morgan fingerprint density at radius 3 is 2.38 bits per heavy atom. The Hall–Kier alpha value is -0.800. The summed E-state index contributed by atoms with van der Waals surface area (Å²) in [6.45, 7) is 10.9. The third-order valence-electron chi connectivity index (χ3n) is 3.01. The number of H-pyrrole nitrogens is 1. The van der Waals surface area contributed by atoms with Gasteiger partial charge in [-0.05, 0) is 32.5 Å². The molecule has 0 bridgehead atoms. The molecule has 1 heterocycles. The van der Waals surface area contributed by atoms with Crippen molar-refractivity contribution in [1.82, 2.24) is 15.6 Å². The lowest BCUT2D eigenvalue weighted by Gasteiger charge is -2.32. The molecule has 1 rings (SSSR count). The van der Waals surface area contributed by atoms with Crippen molar-refractivity contribution in [2.24, 2.45) is 0 Å². The van der Waals surface area contributed by atoms with Crippen molar-refractivity contribution >= 4 is 0 Å². The highest BCUT2D eigenvalue weighted by atomic mass is 15.0. The summed E-state index contributed by atoms with van der Waals surface area (Å²) in [6.07, 6.45) is 4.06. The zero-order chi connectivity index (χ0) is 12.2. The van der Waals surface area contributed by atoms with Crippen LogP contribution in [0.15, 0.2) is 18.5 Å². The van der Waals surface area contributed by atoms with Crippen LogP contribution in [-0.4, -0.2) is 30.7 Å². The van der Waals surface area contributed by atoms with Crippen molar-refractivity contribution in [3.8, 4) is 0 Å². The summed E-state index contributed by atoms with van der Waals surface area (Å²) in [5.74, 6) is 0. The molecule has 92 valence electrons. The molecular formula is C13H25N3. The summed E-state index contributed by atoms with van der Waals surface area (Å²) in [6, 6.07) is 2.15. The maximum Gasteiger partial charge on any atom is 0.0249 e. The fourth-order valence-electron chi connectivity index (χ4n) is 1.81. The van der Waals surface area contributed by atoms with Gasteiger partial charge in [-0.1, -0.05) is 13.8 Å². The number of rotatable bonds is 6. The van der Waals surface area contributed by atoms with Crippen LogP contribution in [0.3, 0.4) is 0 Å². The molecule has 0 aliphatic rings. The van der Waals surface area contributed by atoms with E-state index in [1.165, 1.54) is 5.56 Å². The van der Waals surface area contributed by atoms with Crippen LogP contribution < -0.4 is 10.6 Å². The third kappa shape index (κ3) is 3.65. The lowest BCUT2D eigenvalue weighted by Crippen LogP contribution is -2.50. The SMILES string of the molecule is CNCC(C)(C)NCC(C)(C)c1cc[nH]c1. The van der Waals surface area contributed by atoms with Crippen molar-refractivity contribution in [3.63, 3.8) is 0 Å². The molecule has 16 heavy (non-hydrogen) atoms. The minimum atomic E-state index is 0.127. The minimum Gasteiger partial charge on any atom is -0.367 e. The summed E-state index contributed by atoms with van der Waals surface area (Å²) < 4.78 is 0. The minimum absolute atomic E-state index is 0.127. The Bertz CT molecular complexity index is 299. The van der Waals surface area contributed by atoms with Gasteiger partial charge in [0.05, 0.1) is 0 Å². The zero-order valence-corrected chi connectivity index (χ0v) is 11.1. The molecule has 0 saturated heterocycles. The van der Waals surface area contributed by atoms with E-state index in [-0.39, 0.29) is 11.0 Å². The van der Waals surface area contributed by atoms with E-state index in [1.54, 1.807) is 0 Å². The Morgan fingerprint density at radius 1 is 1.19 bits per heavy atom. The molecule has 0 atom stereocenters. The van der Waals surface area contributed by atoms with Gasteiger partial charge in [0, 0.05) is 36.4 Å². The second-order valence-electron chi connectivity index (χ2n) is 5.75. The number of hydrogen-bond donors (Lipinski definition) is 3. The smallest absolute Gasteiger partial charge is 0.0249 e. The van der Waals surface area contributed by atoms with Gasteiger partial charge in [-0.25, -0.2) is 0 Å². The quantitative estimate of drug-likeness (QED) is 0.689. The van der Waals surface area contributed by atoms with Gasteiger partial charge >= 0.3 is 0 Å². The van der Waals surface area contributed by atoms with Gasteiger partial charge in [0.25, 0.3) is 0 Å². The van der Waals surface area contributed by atoms with Crippen LogP contribution in [0.1, 0.15) is 33.3 Å². The van der Waals surface area contributed by atoms with Crippen LogP contribution in [-0.2, 0) is 5.41 Å². The Kier molecular flexibility index (Phi) is 4.16. The number of nitrogens with one attached hydrogen (secondary N) is 3. The average molecular weight is 223 g/mol. The summed E-state index contributed by atoms with van der Waals surface area (Å²) in [7, 11) is 1.99. The van der Waals surface area contributed by atoms with Gasteiger partial charge in [-0.2, -0.15) is 0 Å². The molecule has 3 heteroatoms. The van der Waals surface area contributed by atoms with E-state index in [2.05, 4.69) is 55.6 Å². The van der Waals surface area contributed by atoms with Crippen LogP contribution in [0.4, 0.5) is 0 Å². The van der Waals surface area contributed by atoms with E-state index in [9.17, 15) is 0 Å². The van der Waals surface area contributed by atoms with E-state index in [0.29, 0.717) is 0 Å². The topological polar surface area (TPSA) is 39.8 Å². The van der Waals surface area contributed by atoms with E-state index in [1.807, 2.05) is 13.2 Å². The molecule has 3 N–H and O–H groups in total. The first-order chi connectivity index (χ1) is 7.37. The summed E-state index contributed by atoms with van der Waals surface area (Å²) in [4.78, 5) is 3.12. The summed E-state index contributed by atoms with van der Waals surface area (Å²) in [5, 5.41) is 6.82. The van der Waals surface area contributed by atoms with E-state index in [0.717, 1.165) is 13.1 Å². The summed E-state index contributed by atoms with van der Waals surface area (Å²) in [5.41, 5.74) is 1.63. The standard InChI is InChI=1S/C13H25N3/c1-12(2,11-6-7-15-8-11)9-16-13(3,4)10-14-5/h6-8,14-16H,9-10H2,1-5H3. The first-order valence-corrected chi connectivity index (χ1v) is 5.90. The van der Waals surface area contributed by atoms with Crippen LogP contribution >= 0.6 is 0 Å². The summed E-state index contributed by atoms with van der Waals surface area (Å²) >= 11 is 0. The van der Waals surface area contributed by atoms with Crippen molar-refractivity contribution in [2.45, 2.75) is 38.6 Å². The molecule has 0 fully saturated rings. The normalized spacial score (nSPS) is 13.1. The maximum atomic E-state index is 3.61. The van der Waals surface area contributed by atoms with Crippen LogP contribution in [0, 0.1) is 0 Å². The van der Waals surface area contributed by atoms with Crippen molar-refractivity contribution < 1.29 is 0 Å². The number of likely N-dealkylation sites (N-methyl/N-ethyl adjacent to an activating group) is 1. The average Bonchev–Trinajstić information content (AvgIpc) is 2.68. The van der Waals surface area contributed by atoms with Gasteiger partial charge in [-0.3, -0.25) is 0 Å². The predicted octanol–water partition coefficient (Wildman–Crippen LogP) is 1.88. The van der Waals surface area contributed by atoms with Gasteiger partial charge < -0.3 is 15.6 Å². The highest BCUT2D eigenvalue weighted by Crippen LogP contribution is 2.22. The molecule has 0 radical (unpaired) electrons. The van der Waals surface area contributed by atoms with Gasteiger partial charge in [0.15, 0.2) is 0 Å². The number of aromatic nitrogens is 1. The first-order valence-electron chi connectivity index (χ1n) is 5.90. The molecular weight excluding hydrogens is 198 g/mol. The molecule has 0 spiro atoms. The van der Waals surface area contributed by atoms with Crippen molar-refractivity contribution in [3.05, 3.63) is 24.0 Å². The fourth-order valence-corrected chi connectivity index (χ4v) is 1.81. The number of aromatic amines is 1. The largest absolute Gasteiger partial charge is 0.367 e. The Labute approximate surface area is 99.0 Å². The lowest BCUT2D eigenvalue weighted by molar-refractivity contribution is 0.333.